The van der Waals surface area contributed by atoms with Crippen molar-refractivity contribution < 1.29 is 22.1 Å². The van der Waals surface area contributed by atoms with E-state index in [4.69, 9.17) is 13.2 Å². The summed E-state index contributed by atoms with van der Waals surface area (Å²) in [7, 11) is 0. The molecule has 114 valence electrons. The van der Waals surface area contributed by atoms with Crippen LogP contribution < -0.4 is 11.4 Å². The number of alkyl halides is 1. The average molecular weight is 299 g/mol. The number of aryl methyl sites for hydroxylation is 1. The molecule has 4 N–H and O–H groups in total. The maximum Gasteiger partial charge on any atom is 0.351 e. The maximum absolute atomic E-state index is 15.3. The van der Waals surface area contributed by atoms with Gasteiger partial charge in [0.15, 0.2) is 6.23 Å². The molecule has 8 heteroatoms. The van der Waals surface area contributed by atoms with E-state index in [0.29, 0.717) is 0 Å². The maximum atomic E-state index is 15.3. The minimum Gasteiger partial charge on any atom is -0.394 e. The zero-order chi connectivity index (χ0) is 17.6. The molecule has 1 aliphatic heterocycles. The molecule has 0 bridgehead atoms. The zero-order valence-corrected chi connectivity index (χ0v) is 11.4. The summed E-state index contributed by atoms with van der Waals surface area (Å²) in [4.78, 5) is 15.5. The lowest BCUT2D eigenvalue weighted by atomic mass is 9.96. The van der Waals surface area contributed by atoms with Crippen molar-refractivity contribution in [2.45, 2.75) is 38.0 Å². The Morgan fingerprint density at radius 1 is 1.76 bits per heavy atom. The number of nitrogens with zero attached hydrogens (tertiary/aromatic N) is 2. The minimum atomic E-state index is -3.04. The Labute approximate surface area is 123 Å². The van der Waals surface area contributed by atoms with Gasteiger partial charge in [-0.05, 0) is 19.9 Å². The molecule has 4 atom stereocenters. The molecule has 1 aliphatic rings. The van der Waals surface area contributed by atoms with Crippen LogP contribution in [0.2, 0.25) is 0 Å². The number of nitrogens with two attached hydrogens (primary N) is 1. The van der Waals surface area contributed by atoms with Crippen LogP contribution in [-0.4, -0.2) is 44.2 Å². The highest BCUT2D eigenvalue weighted by atomic mass is 19.1. The lowest BCUT2D eigenvalue weighted by molar-refractivity contribution is -0.0551. The molecular formula is C13H16FN3O4. The molecule has 0 aromatic carbocycles. The van der Waals surface area contributed by atoms with Gasteiger partial charge >= 0.3 is 5.69 Å². The summed E-state index contributed by atoms with van der Waals surface area (Å²) in [6, 6.07) is 1.29. The number of aromatic nitrogens is 2. The molecule has 2 heterocycles. The first-order valence-corrected chi connectivity index (χ1v) is 6.06. The molecule has 0 saturated carbocycles. The summed E-state index contributed by atoms with van der Waals surface area (Å²) in [6.45, 7) is -0.293. The molecule has 1 saturated heterocycles. The predicted molar refractivity (Wildman–Crippen MR) is 71.9 cm³/mol. The van der Waals surface area contributed by atoms with E-state index in [1.54, 1.807) is 0 Å². The van der Waals surface area contributed by atoms with Gasteiger partial charge in [0.25, 0.3) is 0 Å². The van der Waals surface area contributed by atoms with E-state index in [1.807, 2.05) is 0 Å². The Morgan fingerprint density at radius 3 is 2.95 bits per heavy atom. The van der Waals surface area contributed by atoms with Gasteiger partial charge in [0.1, 0.15) is 18.0 Å². The summed E-state index contributed by atoms with van der Waals surface area (Å²) in [5, 5.41) is 19.5. The number of rotatable bonds is 2. The summed E-state index contributed by atoms with van der Waals surface area (Å²) in [6.07, 6.45) is -5.86. The molecule has 0 amide bonds. The summed E-state index contributed by atoms with van der Waals surface area (Å²) < 4.78 is 35.7. The molecule has 2 rings (SSSR count). The smallest absolute Gasteiger partial charge is 0.351 e. The highest BCUT2D eigenvalue weighted by molar-refractivity contribution is 5.30. The van der Waals surface area contributed by atoms with Gasteiger partial charge in [0, 0.05) is 5.69 Å². The van der Waals surface area contributed by atoms with Gasteiger partial charge < -0.3 is 20.7 Å². The molecule has 1 unspecified atom stereocenters. The van der Waals surface area contributed by atoms with E-state index in [1.165, 1.54) is 19.9 Å². The van der Waals surface area contributed by atoms with Crippen molar-refractivity contribution in [2.24, 2.45) is 0 Å². The molecule has 0 aliphatic carbocycles. The van der Waals surface area contributed by atoms with Crippen LogP contribution in [0.4, 0.5) is 10.2 Å². The van der Waals surface area contributed by atoms with Gasteiger partial charge in [-0.25, -0.2) is 9.18 Å². The van der Waals surface area contributed by atoms with Gasteiger partial charge in [-0.3, -0.25) is 4.57 Å². The Hall–Kier alpha value is -1.95. The van der Waals surface area contributed by atoms with Crippen molar-refractivity contribution >= 4 is 5.82 Å². The molecule has 0 spiro atoms. The van der Waals surface area contributed by atoms with E-state index in [-0.39, 0.29) is 11.5 Å². The molecular weight excluding hydrogens is 281 g/mol. The Bertz CT molecular complexity index is 739. The van der Waals surface area contributed by atoms with Gasteiger partial charge in [0.2, 0.25) is 5.67 Å². The van der Waals surface area contributed by atoms with Crippen molar-refractivity contribution in [1.82, 2.24) is 9.55 Å². The highest BCUT2D eigenvalue weighted by Gasteiger charge is 2.58. The molecule has 21 heavy (non-hydrogen) atoms. The number of anilines is 1. The Balaban J connectivity index is 2.65. The van der Waals surface area contributed by atoms with Crippen molar-refractivity contribution in [2.75, 3.05) is 12.3 Å². The second-order valence-corrected chi connectivity index (χ2v) is 4.60. The van der Waals surface area contributed by atoms with Gasteiger partial charge in [0.05, 0.1) is 9.30 Å². The SMILES string of the molecule is [2H]C([2H])(O)[C@H]1O[C@@H](n2c(C)cc(N)nc2=O)C(F)(C#CC)[C@H]1O. The van der Waals surface area contributed by atoms with Crippen LogP contribution in [0.15, 0.2) is 10.9 Å². The third kappa shape index (κ3) is 2.40. The third-order valence-electron chi connectivity index (χ3n) is 3.20. The Kier molecular flexibility index (Phi) is 3.31. The van der Waals surface area contributed by atoms with Gasteiger partial charge in [-0.1, -0.05) is 5.92 Å². The van der Waals surface area contributed by atoms with E-state index >= 15 is 4.39 Å². The van der Waals surface area contributed by atoms with Crippen molar-refractivity contribution in [1.29, 1.82) is 0 Å². The molecule has 1 aromatic rings. The fourth-order valence-electron chi connectivity index (χ4n) is 2.27. The van der Waals surface area contributed by atoms with Crippen LogP contribution in [0, 0.1) is 18.8 Å². The zero-order valence-electron chi connectivity index (χ0n) is 13.4. The van der Waals surface area contributed by atoms with Crippen LogP contribution in [-0.2, 0) is 4.74 Å². The molecule has 0 radical (unpaired) electrons. The monoisotopic (exact) mass is 299 g/mol. The summed E-state index contributed by atoms with van der Waals surface area (Å²) >= 11 is 0. The number of ether oxygens (including phenoxy) is 1. The second-order valence-electron chi connectivity index (χ2n) is 4.60. The predicted octanol–water partition coefficient (Wildman–Crippen LogP) is -0.884. The fraction of sp³-hybridized carbons (Fsp3) is 0.538. The molecule has 7 nitrogen and oxygen atoms in total. The second kappa shape index (κ2) is 5.44. The Morgan fingerprint density at radius 2 is 2.43 bits per heavy atom. The molecule has 1 fully saturated rings. The topological polar surface area (TPSA) is 111 Å². The van der Waals surface area contributed by atoms with Crippen molar-refractivity contribution in [3.63, 3.8) is 0 Å². The van der Waals surface area contributed by atoms with E-state index < -0.39 is 36.4 Å². The van der Waals surface area contributed by atoms with E-state index in [2.05, 4.69) is 16.8 Å². The van der Waals surface area contributed by atoms with Crippen LogP contribution >= 0.6 is 0 Å². The fourth-order valence-corrected chi connectivity index (χ4v) is 2.27. The van der Waals surface area contributed by atoms with Gasteiger partial charge in [-0.15, -0.1) is 5.92 Å². The van der Waals surface area contributed by atoms with Crippen LogP contribution in [0.1, 0.15) is 21.6 Å². The minimum absolute atomic E-state index is 0.0811. The number of halogens is 1. The quantitative estimate of drug-likeness (QED) is 0.611. The first-order chi connectivity index (χ1) is 10.5. The summed E-state index contributed by atoms with van der Waals surface area (Å²) in [5.74, 6) is 4.29. The standard InChI is InChI=1S/C13H16FN3O4/c1-3-4-13(14)10(19)8(6-18)21-11(13)17-7(2)5-9(15)16-12(17)20/h5,8,10-11,18-19H,6H2,1-2H3,(H2,15,16,20)/t8-,10+,11-,13?/m1/s1/i6D2. The van der Waals surface area contributed by atoms with E-state index in [0.717, 1.165) is 4.57 Å². The largest absolute Gasteiger partial charge is 0.394 e. The lowest BCUT2D eigenvalue weighted by Gasteiger charge is -2.25. The first kappa shape index (κ1) is 12.8. The average Bonchev–Trinajstić information content (AvgIpc) is 2.63. The number of aliphatic hydroxyl groups is 2. The number of nitrogen functional groups attached to an aromatic ring is 1. The van der Waals surface area contributed by atoms with Crippen LogP contribution in [0.5, 0.6) is 0 Å². The van der Waals surface area contributed by atoms with E-state index in [9.17, 15) is 15.0 Å². The summed E-state index contributed by atoms with van der Waals surface area (Å²) in [5.41, 5.74) is 1.86. The highest BCUT2D eigenvalue weighted by Crippen LogP contribution is 2.41. The number of hydrogen-bond acceptors (Lipinski definition) is 6. The third-order valence-corrected chi connectivity index (χ3v) is 3.20. The number of hydrogen-bond donors (Lipinski definition) is 3. The van der Waals surface area contributed by atoms with Crippen molar-refractivity contribution in [3.8, 4) is 11.8 Å². The van der Waals surface area contributed by atoms with Crippen LogP contribution in [0.25, 0.3) is 0 Å². The lowest BCUT2D eigenvalue weighted by Crippen LogP contribution is -2.45. The first-order valence-electron chi connectivity index (χ1n) is 7.06. The number of aliphatic hydroxyl groups excluding tert-OH is 1. The van der Waals surface area contributed by atoms with Crippen LogP contribution in [0.3, 0.4) is 0 Å². The van der Waals surface area contributed by atoms with Crippen molar-refractivity contribution in [3.05, 3.63) is 22.2 Å². The normalized spacial score (nSPS) is 33.9. The van der Waals surface area contributed by atoms with Gasteiger partial charge in [-0.2, -0.15) is 4.98 Å². The molecule has 1 aromatic heterocycles.